The van der Waals surface area contributed by atoms with E-state index < -0.39 is 0 Å². The van der Waals surface area contributed by atoms with Crippen LogP contribution in [0, 0.1) is 13.8 Å². The fourth-order valence-corrected chi connectivity index (χ4v) is 6.23. The highest BCUT2D eigenvalue weighted by Gasteiger charge is 2.42. The molecule has 0 aromatic heterocycles. The molecule has 5 rings (SSSR count). The molecule has 1 N–H and O–H groups in total. The zero-order chi connectivity index (χ0) is 26.3. The van der Waals surface area contributed by atoms with Gasteiger partial charge in [-0.3, -0.25) is 14.4 Å². The van der Waals surface area contributed by atoms with Crippen molar-refractivity contribution < 1.29 is 19.1 Å². The smallest absolute Gasteiger partial charge is 0.262 e. The Morgan fingerprint density at radius 2 is 1.65 bits per heavy atom. The molecule has 0 bridgehead atoms. The van der Waals surface area contributed by atoms with Gasteiger partial charge in [0, 0.05) is 54.0 Å². The van der Waals surface area contributed by atoms with Crippen molar-refractivity contribution >= 4 is 39.1 Å². The summed E-state index contributed by atoms with van der Waals surface area (Å²) in [4.78, 5) is 41.0. The largest absolute Gasteiger partial charge is 0.483 e. The molecule has 1 heterocycles. The lowest BCUT2D eigenvalue weighted by Gasteiger charge is -2.42. The average Bonchev–Trinajstić information content (AvgIpc) is 2.87. The first-order valence-electron chi connectivity index (χ1n) is 12.8. The van der Waals surface area contributed by atoms with Crippen LogP contribution in [-0.2, 0) is 14.4 Å². The van der Waals surface area contributed by atoms with Gasteiger partial charge in [0.05, 0.1) is 4.47 Å². The second-order valence-electron chi connectivity index (χ2n) is 10.0. The molecule has 2 aromatic carbocycles. The molecule has 0 radical (unpaired) electrons. The van der Waals surface area contributed by atoms with Crippen molar-refractivity contribution in [1.29, 1.82) is 0 Å². The van der Waals surface area contributed by atoms with Gasteiger partial charge < -0.3 is 15.0 Å². The highest BCUT2D eigenvalue weighted by Crippen LogP contribution is 2.49. The van der Waals surface area contributed by atoms with E-state index in [0.29, 0.717) is 23.1 Å². The first-order chi connectivity index (χ1) is 17.8. The van der Waals surface area contributed by atoms with Crippen molar-refractivity contribution in [3.8, 4) is 5.75 Å². The molecule has 0 fully saturated rings. The molecule has 37 heavy (non-hydrogen) atoms. The van der Waals surface area contributed by atoms with Gasteiger partial charge >= 0.3 is 0 Å². The second kappa shape index (κ2) is 10.3. The zero-order valence-corrected chi connectivity index (χ0v) is 23.0. The number of Topliss-reactive ketones (excluding diaryl/α,β-unsaturated/α-hetero) is 2. The topological polar surface area (TPSA) is 75.7 Å². The number of ketones is 2. The van der Waals surface area contributed by atoms with E-state index >= 15 is 0 Å². The van der Waals surface area contributed by atoms with Crippen LogP contribution in [0.2, 0.25) is 0 Å². The minimum atomic E-state index is -0.361. The van der Waals surface area contributed by atoms with Gasteiger partial charge in [0.25, 0.3) is 5.91 Å². The Hall–Kier alpha value is -3.19. The predicted octanol–water partition coefficient (Wildman–Crippen LogP) is 6.13. The van der Waals surface area contributed by atoms with Crippen LogP contribution in [0.25, 0.3) is 0 Å². The van der Waals surface area contributed by atoms with Crippen molar-refractivity contribution in [2.75, 3.05) is 19.0 Å². The number of amides is 1. The third-order valence-corrected chi connectivity index (χ3v) is 8.39. The molecule has 6 nitrogen and oxygen atoms in total. The van der Waals surface area contributed by atoms with E-state index in [1.165, 1.54) is 0 Å². The van der Waals surface area contributed by atoms with Crippen molar-refractivity contribution in [2.45, 2.75) is 58.3 Å². The zero-order valence-electron chi connectivity index (χ0n) is 21.4. The number of anilines is 1. The SMILES string of the molecule is Cc1cccc(NC(=O)COc2ccc(C3C4=C(CCCC4=O)N(C)C4=C3C(=O)CCC4)cc2Br)c1C. The van der Waals surface area contributed by atoms with E-state index in [2.05, 4.69) is 26.1 Å². The molecular formula is C30H31BrN2O4. The van der Waals surface area contributed by atoms with Crippen LogP contribution in [-0.4, -0.2) is 36.0 Å². The first-order valence-corrected chi connectivity index (χ1v) is 13.6. The number of hydrogen-bond acceptors (Lipinski definition) is 5. The Morgan fingerprint density at radius 3 is 2.27 bits per heavy atom. The highest BCUT2D eigenvalue weighted by atomic mass is 79.9. The molecule has 0 saturated heterocycles. The molecule has 0 atom stereocenters. The summed E-state index contributed by atoms with van der Waals surface area (Å²) in [6, 6.07) is 11.4. The standard InChI is InChI=1S/C30H31BrN2O4/c1-17-7-4-8-21(18(17)2)32-27(36)16-37-26-14-13-19(15-20(26)31)28-29-22(9-5-11-24(29)34)33(3)23-10-6-12-25(35)30(23)28/h4,7-8,13-15,28H,5-6,9-12,16H2,1-3H3,(H,32,36). The summed E-state index contributed by atoms with van der Waals surface area (Å²) in [7, 11) is 1.99. The van der Waals surface area contributed by atoms with Gasteiger partial charge in [0.2, 0.25) is 0 Å². The molecule has 7 heteroatoms. The maximum Gasteiger partial charge on any atom is 0.262 e. The molecule has 192 valence electrons. The van der Waals surface area contributed by atoms with E-state index in [1.54, 1.807) is 0 Å². The summed E-state index contributed by atoms with van der Waals surface area (Å²) < 4.78 is 6.51. The van der Waals surface area contributed by atoms with Crippen LogP contribution in [0.15, 0.2) is 63.4 Å². The number of nitrogens with one attached hydrogen (secondary N) is 1. The van der Waals surface area contributed by atoms with Crippen molar-refractivity contribution in [3.05, 3.63) is 80.1 Å². The van der Waals surface area contributed by atoms with Crippen LogP contribution >= 0.6 is 15.9 Å². The number of carbonyl (C=O) groups is 3. The molecule has 2 aliphatic carbocycles. The molecule has 2 aromatic rings. The molecular weight excluding hydrogens is 532 g/mol. The third-order valence-electron chi connectivity index (χ3n) is 7.77. The molecule has 0 saturated carbocycles. The minimum Gasteiger partial charge on any atom is -0.483 e. The van der Waals surface area contributed by atoms with Crippen LogP contribution in [0.1, 0.15) is 61.1 Å². The normalized spacial score (nSPS) is 18.1. The summed E-state index contributed by atoms with van der Waals surface area (Å²) in [5.74, 6) is 0.177. The molecule has 0 spiro atoms. The lowest BCUT2D eigenvalue weighted by atomic mass is 9.71. The number of hydrogen-bond donors (Lipinski definition) is 1. The number of nitrogens with zero attached hydrogens (tertiary/aromatic N) is 1. The van der Waals surface area contributed by atoms with Gasteiger partial charge in [-0.25, -0.2) is 0 Å². The van der Waals surface area contributed by atoms with E-state index in [9.17, 15) is 14.4 Å². The van der Waals surface area contributed by atoms with Crippen LogP contribution in [0.5, 0.6) is 5.75 Å². The van der Waals surface area contributed by atoms with E-state index in [0.717, 1.165) is 70.6 Å². The Kier molecular flexibility index (Phi) is 7.08. The number of aryl methyl sites for hydroxylation is 1. The van der Waals surface area contributed by atoms with Gasteiger partial charge in [-0.05, 0) is 90.4 Å². The third kappa shape index (κ3) is 4.77. The van der Waals surface area contributed by atoms with Crippen LogP contribution < -0.4 is 10.1 Å². The highest BCUT2D eigenvalue weighted by molar-refractivity contribution is 9.10. The maximum atomic E-state index is 13.2. The van der Waals surface area contributed by atoms with Crippen LogP contribution in [0.4, 0.5) is 5.69 Å². The minimum absolute atomic E-state index is 0.127. The van der Waals surface area contributed by atoms with Gasteiger partial charge in [0.15, 0.2) is 18.2 Å². The monoisotopic (exact) mass is 562 g/mol. The number of allylic oxidation sites excluding steroid dienone is 4. The van der Waals surface area contributed by atoms with Crippen molar-refractivity contribution in [3.63, 3.8) is 0 Å². The van der Waals surface area contributed by atoms with Crippen LogP contribution in [0.3, 0.4) is 0 Å². The summed E-state index contributed by atoms with van der Waals surface area (Å²) >= 11 is 3.60. The van der Waals surface area contributed by atoms with Gasteiger partial charge in [-0.15, -0.1) is 0 Å². The lowest BCUT2D eigenvalue weighted by molar-refractivity contribution is -0.118. The molecule has 0 unspecified atom stereocenters. The van der Waals surface area contributed by atoms with E-state index in [4.69, 9.17) is 4.74 Å². The van der Waals surface area contributed by atoms with Gasteiger partial charge in [-0.1, -0.05) is 18.2 Å². The van der Waals surface area contributed by atoms with E-state index in [-0.39, 0.29) is 30.0 Å². The number of halogens is 1. The Labute approximate surface area is 225 Å². The molecule has 1 amide bonds. The fourth-order valence-electron chi connectivity index (χ4n) is 5.72. The number of carbonyl (C=O) groups excluding carboxylic acids is 3. The van der Waals surface area contributed by atoms with Crippen molar-refractivity contribution in [2.24, 2.45) is 0 Å². The predicted molar refractivity (Wildman–Crippen MR) is 146 cm³/mol. The molecule has 3 aliphatic rings. The maximum absolute atomic E-state index is 13.2. The average molecular weight is 563 g/mol. The number of rotatable bonds is 5. The molecule has 1 aliphatic heterocycles. The summed E-state index contributed by atoms with van der Waals surface area (Å²) in [6.45, 7) is 3.84. The summed E-state index contributed by atoms with van der Waals surface area (Å²) in [5.41, 5.74) is 7.41. The van der Waals surface area contributed by atoms with E-state index in [1.807, 2.05) is 57.3 Å². The van der Waals surface area contributed by atoms with Crippen molar-refractivity contribution in [1.82, 2.24) is 4.90 Å². The fraction of sp³-hybridized carbons (Fsp3) is 0.367. The quantitative estimate of drug-likeness (QED) is 0.474. The lowest BCUT2D eigenvalue weighted by Crippen LogP contribution is -2.37. The number of benzene rings is 2. The van der Waals surface area contributed by atoms with Gasteiger partial charge in [0.1, 0.15) is 5.75 Å². The number of ether oxygens (including phenoxy) is 1. The Bertz CT molecular complexity index is 1330. The Morgan fingerprint density at radius 1 is 1.00 bits per heavy atom. The summed E-state index contributed by atoms with van der Waals surface area (Å²) in [5, 5.41) is 2.91. The van der Waals surface area contributed by atoms with Gasteiger partial charge in [-0.2, -0.15) is 0 Å². The second-order valence-corrected chi connectivity index (χ2v) is 10.9. The first kappa shape index (κ1) is 25.5. The summed E-state index contributed by atoms with van der Waals surface area (Å²) in [6.07, 6.45) is 4.39. The Balaban J connectivity index is 1.40.